The summed E-state index contributed by atoms with van der Waals surface area (Å²) in [5, 5.41) is 0. The predicted octanol–water partition coefficient (Wildman–Crippen LogP) is 3.14. The molecule has 1 heterocycles. The zero-order chi connectivity index (χ0) is 13.2. The summed E-state index contributed by atoms with van der Waals surface area (Å²) in [6.45, 7) is 1.24. The van der Waals surface area contributed by atoms with E-state index in [4.69, 9.17) is 9.47 Å². The number of hydrogen-bond donors (Lipinski definition) is 0. The third kappa shape index (κ3) is 2.42. The van der Waals surface area contributed by atoms with Crippen molar-refractivity contribution in [3.63, 3.8) is 0 Å². The number of fused-ring (bicyclic) bond motifs is 1. The van der Waals surface area contributed by atoms with E-state index in [1.165, 1.54) is 16.7 Å². The van der Waals surface area contributed by atoms with Crippen LogP contribution in [0.4, 0.5) is 0 Å². The van der Waals surface area contributed by atoms with Crippen LogP contribution in [0.5, 0.6) is 11.5 Å². The maximum atomic E-state index is 5.45. The Kier molecular flexibility index (Phi) is 3.13. The Bertz CT molecular complexity index is 593. The zero-order valence-corrected chi connectivity index (χ0v) is 11.2. The van der Waals surface area contributed by atoms with E-state index < -0.39 is 0 Å². The molecule has 0 radical (unpaired) electrons. The largest absolute Gasteiger partial charge is 0.454 e. The summed E-state index contributed by atoms with van der Waals surface area (Å²) in [7, 11) is 4.16. The van der Waals surface area contributed by atoms with E-state index in [0.29, 0.717) is 6.79 Å². The van der Waals surface area contributed by atoms with Crippen LogP contribution in [-0.2, 0) is 6.54 Å². The Hall–Kier alpha value is -2.00. The Morgan fingerprint density at radius 3 is 2.63 bits per heavy atom. The lowest BCUT2D eigenvalue weighted by atomic mass is 9.99. The van der Waals surface area contributed by atoms with Crippen molar-refractivity contribution in [2.45, 2.75) is 6.54 Å². The predicted molar refractivity (Wildman–Crippen MR) is 75.4 cm³/mol. The van der Waals surface area contributed by atoms with Crippen LogP contribution in [0.3, 0.4) is 0 Å². The average Bonchev–Trinajstić information content (AvgIpc) is 2.86. The molecule has 3 rings (SSSR count). The SMILES string of the molecule is CN(C)Cc1ccccc1-c1ccc2c(c1)OCO2. The van der Waals surface area contributed by atoms with E-state index in [-0.39, 0.29) is 0 Å². The second-order valence-electron chi connectivity index (χ2n) is 4.96. The molecular weight excluding hydrogens is 238 g/mol. The molecule has 0 saturated carbocycles. The molecule has 0 fully saturated rings. The van der Waals surface area contributed by atoms with Gasteiger partial charge in [-0.15, -0.1) is 0 Å². The van der Waals surface area contributed by atoms with Crippen molar-refractivity contribution in [3.05, 3.63) is 48.0 Å². The molecule has 2 aromatic carbocycles. The molecule has 3 nitrogen and oxygen atoms in total. The fraction of sp³-hybridized carbons (Fsp3) is 0.250. The minimum absolute atomic E-state index is 0.318. The lowest BCUT2D eigenvalue weighted by Gasteiger charge is -2.14. The molecule has 0 amide bonds. The molecule has 0 bridgehead atoms. The van der Waals surface area contributed by atoms with Gasteiger partial charge < -0.3 is 14.4 Å². The van der Waals surface area contributed by atoms with Gasteiger partial charge in [0.15, 0.2) is 11.5 Å². The molecule has 0 aromatic heterocycles. The van der Waals surface area contributed by atoms with Gasteiger partial charge in [-0.1, -0.05) is 30.3 Å². The molecule has 1 aliphatic heterocycles. The summed E-state index contributed by atoms with van der Waals surface area (Å²) in [5.74, 6) is 1.66. The minimum Gasteiger partial charge on any atom is -0.454 e. The van der Waals surface area contributed by atoms with Crippen LogP contribution < -0.4 is 9.47 Å². The second kappa shape index (κ2) is 4.94. The standard InChI is InChI=1S/C16H17NO2/c1-17(2)10-13-5-3-4-6-14(13)12-7-8-15-16(9-12)19-11-18-15/h3-9H,10-11H2,1-2H3. The van der Waals surface area contributed by atoms with Crippen LogP contribution in [-0.4, -0.2) is 25.8 Å². The van der Waals surface area contributed by atoms with E-state index in [1.807, 2.05) is 6.07 Å². The first kappa shape index (κ1) is 12.1. The van der Waals surface area contributed by atoms with Crippen LogP contribution in [0.25, 0.3) is 11.1 Å². The molecule has 0 aliphatic carbocycles. The molecule has 0 atom stereocenters. The van der Waals surface area contributed by atoms with Crippen molar-refractivity contribution in [2.75, 3.05) is 20.9 Å². The van der Waals surface area contributed by atoms with E-state index in [0.717, 1.165) is 18.0 Å². The summed E-state index contributed by atoms with van der Waals surface area (Å²) in [4.78, 5) is 2.17. The van der Waals surface area contributed by atoms with E-state index in [9.17, 15) is 0 Å². The van der Waals surface area contributed by atoms with Crippen LogP contribution >= 0.6 is 0 Å². The van der Waals surface area contributed by atoms with Gasteiger partial charge in [-0.25, -0.2) is 0 Å². The lowest BCUT2D eigenvalue weighted by molar-refractivity contribution is 0.174. The molecule has 0 N–H and O–H groups in total. The van der Waals surface area contributed by atoms with Gasteiger partial charge in [-0.2, -0.15) is 0 Å². The average molecular weight is 255 g/mol. The molecule has 2 aromatic rings. The fourth-order valence-electron chi connectivity index (χ4n) is 2.34. The molecule has 19 heavy (non-hydrogen) atoms. The smallest absolute Gasteiger partial charge is 0.231 e. The molecule has 0 saturated heterocycles. The monoisotopic (exact) mass is 255 g/mol. The Morgan fingerprint density at radius 1 is 1.00 bits per heavy atom. The van der Waals surface area contributed by atoms with Gasteiger partial charge in [0.25, 0.3) is 0 Å². The third-order valence-electron chi connectivity index (χ3n) is 3.19. The highest BCUT2D eigenvalue weighted by molar-refractivity contribution is 5.70. The lowest BCUT2D eigenvalue weighted by Crippen LogP contribution is -2.11. The quantitative estimate of drug-likeness (QED) is 0.841. The molecule has 98 valence electrons. The first-order valence-electron chi connectivity index (χ1n) is 6.37. The summed E-state index contributed by atoms with van der Waals surface area (Å²) in [5.41, 5.74) is 3.72. The van der Waals surface area contributed by atoms with Gasteiger partial charge in [0.05, 0.1) is 0 Å². The highest BCUT2D eigenvalue weighted by Gasteiger charge is 2.15. The summed E-state index contributed by atoms with van der Waals surface area (Å²) >= 11 is 0. The van der Waals surface area contributed by atoms with E-state index in [2.05, 4.69) is 55.4 Å². The first-order chi connectivity index (χ1) is 9.24. The minimum atomic E-state index is 0.318. The Balaban J connectivity index is 2.02. The number of ether oxygens (including phenoxy) is 2. The number of nitrogens with zero attached hydrogens (tertiary/aromatic N) is 1. The van der Waals surface area contributed by atoms with Crippen molar-refractivity contribution in [1.29, 1.82) is 0 Å². The molecular formula is C16H17NO2. The fourth-order valence-corrected chi connectivity index (χ4v) is 2.34. The van der Waals surface area contributed by atoms with Crippen molar-refractivity contribution >= 4 is 0 Å². The summed E-state index contributed by atoms with van der Waals surface area (Å²) < 4.78 is 10.8. The van der Waals surface area contributed by atoms with Crippen LogP contribution in [0, 0.1) is 0 Å². The van der Waals surface area contributed by atoms with Gasteiger partial charge >= 0.3 is 0 Å². The number of hydrogen-bond acceptors (Lipinski definition) is 3. The molecule has 0 unspecified atom stereocenters. The summed E-state index contributed by atoms with van der Waals surface area (Å²) in [6.07, 6.45) is 0. The third-order valence-corrected chi connectivity index (χ3v) is 3.19. The highest BCUT2D eigenvalue weighted by atomic mass is 16.7. The first-order valence-corrected chi connectivity index (χ1v) is 6.37. The Labute approximate surface area is 113 Å². The van der Waals surface area contributed by atoms with Gasteiger partial charge in [0.1, 0.15) is 0 Å². The van der Waals surface area contributed by atoms with Crippen molar-refractivity contribution in [1.82, 2.24) is 4.90 Å². The molecule has 0 spiro atoms. The van der Waals surface area contributed by atoms with Crippen molar-refractivity contribution < 1.29 is 9.47 Å². The van der Waals surface area contributed by atoms with Gasteiger partial charge in [-0.05, 0) is 42.9 Å². The maximum absolute atomic E-state index is 5.45. The zero-order valence-electron chi connectivity index (χ0n) is 11.2. The number of rotatable bonds is 3. The van der Waals surface area contributed by atoms with Gasteiger partial charge in [0.2, 0.25) is 6.79 Å². The Morgan fingerprint density at radius 2 is 1.79 bits per heavy atom. The maximum Gasteiger partial charge on any atom is 0.231 e. The number of benzene rings is 2. The van der Waals surface area contributed by atoms with Crippen LogP contribution in [0.2, 0.25) is 0 Å². The molecule has 1 aliphatic rings. The van der Waals surface area contributed by atoms with Gasteiger partial charge in [-0.3, -0.25) is 0 Å². The summed E-state index contributed by atoms with van der Waals surface area (Å²) in [6, 6.07) is 14.6. The van der Waals surface area contributed by atoms with Crippen LogP contribution in [0.15, 0.2) is 42.5 Å². The molecule has 3 heteroatoms. The van der Waals surface area contributed by atoms with Crippen LogP contribution in [0.1, 0.15) is 5.56 Å². The van der Waals surface area contributed by atoms with Gasteiger partial charge in [0, 0.05) is 6.54 Å². The highest BCUT2D eigenvalue weighted by Crippen LogP contribution is 2.36. The van der Waals surface area contributed by atoms with E-state index >= 15 is 0 Å². The second-order valence-corrected chi connectivity index (χ2v) is 4.96. The van der Waals surface area contributed by atoms with E-state index in [1.54, 1.807) is 0 Å². The van der Waals surface area contributed by atoms with Crippen molar-refractivity contribution in [3.8, 4) is 22.6 Å². The topological polar surface area (TPSA) is 21.7 Å². The van der Waals surface area contributed by atoms with Crippen molar-refractivity contribution in [2.24, 2.45) is 0 Å². The normalized spacial score (nSPS) is 13.0.